The van der Waals surface area contributed by atoms with Crippen molar-refractivity contribution in [2.75, 3.05) is 11.9 Å². The normalized spacial score (nSPS) is 23.4. The number of imidazole rings is 1. The van der Waals surface area contributed by atoms with Crippen molar-refractivity contribution < 1.29 is 8.42 Å². The molecule has 1 N–H and O–H groups in total. The van der Waals surface area contributed by atoms with Crippen LogP contribution >= 0.6 is 15.9 Å². The Morgan fingerprint density at radius 3 is 2.75 bits per heavy atom. The third kappa shape index (κ3) is 3.43. The predicted molar refractivity (Wildman–Crippen MR) is 82.5 cm³/mol. The van der Waals surface area contributed by atoms with Gasteiger partial charge in [0.1, 0.15) is 5.82 Å². The molecule has 1 saturated carbocycles. The zero-order valence-corrected chi connectivity index (χ0v) is 14.4. The second-order valence-electron chi connectivity index (χ2n) is 5.37. The lowest BCUT2D eigenvalue weighted by Crippen LogP contribution is -2.31. The van der Waals surface area contributed by atoms with Crippen molar-refractivity contribution >= 4 is 26.0 Å². The van der Waals surface area contributed by atoms with E-state index in [9.17, 15) is 8.42 Å². The number of hydrogen-bond acceptors (Lipinski definition) is 3. The summed E-state index contributed by atoms with van der Waals surface area (Å²) < 4.78 is 29.1. The molecule has 2 atom stereocenters. The average molecular weight is 364 g/mol. The number of nitrogens with one attached hydrogen (secondary N) is 1. The summed E-state index contributed by atoms with van der Waals surface area (Å²) in [7, 11) is -3.49. The van der Waals surface area contributed by atoms with Crippen LogP contribution < -0.4 is 4.72 Å². The minimum atomic E-state index is -3.49. The van der Waals surface area contributed by atoms with Crippen molar-refractivity contribution in [2.24, 2.45) is 11.8 Å². The first kappa shape index (κ1) is 16.0. The van der Waals surface area contributed by atoms with Crippen LogP contribution in [0.5, 0.6) is 0 Å². The van der Waals surface area contributed by atoms with E-state index < -0.39 is 10.0 Å². The van der Waals surface area contributed by atoms with Crippen LogP contribution in [-0.4, -0.2) is 29.8 Å². The maximum atomic E-state index is 12.3. The Morgan fingerprint density at radius 1 is 1.45 bits per heavy atom. The molecule has 7 heteroatoms. The molecule has 0 bridgehead atoms. The average Bonchev–Trinajstić information content (AvgIpc) is 3.02. The summed E-state index contributed by atoms with van der Waals surface area (Å²) in [4.78, 5) is 4.14. The number of aryl methyl sites for hydroxylation is 2. The molecule has 0 spiro atoms. The Hall–Kier alpha value is -0.400. The van der Waals surface area contributed by atoms with Crippen LogP contribution in [0.25, 0.3) is 0 Å². The van der Waals surface area contributed by atoms with E-state index in [1.807, 2.05) is 18.4 Å². The number of nitrogens with zero attached hydrogens (tertiary/aromatic N) is 2. The fraction of sp³-hybridized carbons (Fsp3) is 0.769. The van der Waals surface area contributed by atoms with Gasteiger partial charge in [0.2, 0.25) is 0 Å². The van der Waals surface area contributed by atoms with Crippen LogP contribution in [0.4, 0.5) is 0 Å². The molecular formula is C13H22BrN3O2S. The van der Waals surface area contributed by atoms with Crippen molar-refractivity contribution in [3.63, 3.8) is 0 Å². The van der Waals surface area contributed by atoms with Crippen LogP contribution in [0.15, 0.2) is 11.2 Å². The van der Waals surface area contributed by atoms with E-state index in [1.54, 1.807) is 6.20 Å². The lowest BCUT2D eigenvalue weighted by atomic mass is 9.99. The second-order valence-corrected chi connectivity index (χ2v) is 7.73. The molecule has 2 unspecified atom stereocenters. The first-order valence-corrected chi connectivity index (χ1v) is 9.67. The maximum Gasteiger partial charge on any atom is 0.259 e. The molecule has 1 heterocycles. The van der Waals surface area contributed by atoms with Crippen molar-refractivity contribution in [1.29, 1.82) is 0 Å². The van der Waals surface area contributed by atoms with Crippen molar-refractivity contribution in [2.45, 2.75) is 44.7 Å². The quantitative estimate of drug-likeness (QED) is 0.788. The summed E-state index contributed by atoms with van der Waals surface area (Å²) in [5.74, 6) is 1.73. The first-order chi connectivity index (χ1) is 9.47. The molecule has 114 valence electrons. The summed E-state index contributed by atoms with van der Waals surface area (Å²) in [6.45, 7) is 5.03. The highest BCUT2D eigenvalue weighted by atomic mass is 79.9. The summed E-state index contributed by atoms with van der Waals surface area (Å²) in [5.41, 5.74) is 0. The lowest BCUT2D eigenvalue weighted by Gasteiger charge is -2.17. The SMILES string of the molecule is CCn1cc(S(=O)(=O)NCC2CCCC2CBr)nc1C. The van der Waals surface area contributed by atoms with E-state index in [1.165, 1.54) is 12.8 Å². The van der Waals surface area contributed by atoms with Crippen LogP contribution in [0.3, 0.4) is 0 Å². The summed E-state index contributed by atoms with van der Waals surface area (Å²) in [6, 6.07) is 0. The molecule has 0 saturated heterocycles. The van der Waals surface area contributed by atoms with Crippen LogP contribution in [0, 0.1) is 18.8 Å². The van der Waals surface area contributed by atoms with E-state index in [0.29, 0.717) is 18.4 Å². The van der Waals surface area contributed by atoms with Crippen LogP contribution in [0.1, 0.15) is 32.0 Å². The van der Waals surface area contributed by atoms with E-state index in [0.717, 1.165) is 24.1 Å². The molecule has 1 aromatic heterocycles. The highest BCUT2D eigenvalue weighted by Crippen LogP contribution is 2.32. The number of hydrogen-bond donors (Lipinski definition) is 1. The van der Waals surface area contributed by atoms with Crippen molar-refractivity contribution in [1.82, 2.24) is 14.3 Å². The highest BCUT2D eigenvalue weighted by molar-refractivity contribution is 9.09. The monoisotopic (exact) mass is 363 g/mol. The van der Waals surface area contributed by atoms with Gasteiger partial charge in [-0.2, -0.15) is 0 Å². The fourth-order valence-electron chi connectivity index (χ4n) is 2.81. The summed E-state index contributed by atoms with van der Waals surface area (Å²) in [5, 5.41) is 1.08. The number of halogens is 1. The Kier molecular flexibility index (Phi) is 5.25. The van der Waals surface area contributed by atoms with E-state index in [4.69, 9.17) is 0 Å². The standard InChI is InChI=1S/C13H22BrN3O2S/c1-3-17-9-13(16-10(17)2)20(18,19)15-8-12-6-4-5-11(12)7-14/h9,11-12,15H,3-8H2,1-2H3. The predicted octanol–water partition coefficient (Wildman–Crippen LogP) is 2.30. The Labute approximate surface area is 129 Å². The largest absolute Gasteiger partial charge is 0.334 e. The lowest BCUT2D eigenvalue weighted by molar-refractivity contribution is 0.422. The molecule has 0 aliphatic heterocycles. The molecule has 1 aromatic rings. The number of sulfonamides is 1. The third-order valence-corrected chi connectivity index (χ3v) is 6.25. The van der Waals surface area contributed by atoms with Gasteiger partial charge in [0.05, 0.1) is 0 Å². The van der Waals surface area contributed by atoms with Gasteiger partial charge in [-0.3, -0.25) is 0 Å². The molecule has 0 aromatic carbocycles. The molecule has 0 amide bonds. The van der Waals surface area contributed by atoms with Gasteiger partial charge in [-0.05, 0) is 38.5 Å². The summed E-state index contributed by atoms with van der Waals surface area (Å²) >= 11 is 3.51. The molecular weight excluding hydrogens is 342 g/mol. The smallest absolute Gasteiger partial charge is 0.259 e. The van der Waals surface area contributed by atoms with Crippen molar-refractivity contribution in [3.05, 3.63) is 12.0 Å². The molecule has 1 fully saturated rings. The number of alkyl halides is 1. The van der Waals surface area contributed by atoms with E-state index >= 15 is 0 Å². The maximum absolute atomic E-state index is 12.3. The van der Waals surface area contributed by atoms with Gasteiger partial charge >= 0.3 is 0 Å². The van der Waals surface area contributed by atoms with Gasteiger partial charge in [-0.1, -0.05) is 22.4 Å². The fourth-order valence-corrected chi connectivity index (χ4v) is 4.76. The van der Waals surface area contributed by atoms with E-state index in [-0.39, 0.29) is 5.03 Å². The first-order valence-electron chi connectivity index (χ1n) is 7.07. The molecule has 5 nitrogen and oxygen atoms in total. The molecule has 20 heavy (non-hydrogen) atoms. The van der Waals surface area contributed by atoms with Crippen molar-refractivity contribution in [3.8, 4) is 0 Å². The molecule has 2 rings (SSSR count). The van der Waals surface area contributed by atoms with Crippen LogP contribution in [0.2, 0.25) is 0 Å². The minimum Gasteiger partial charge on any atom is -0.334 e. The van der Waals surface area contributed by atoms with E-state index in [2.05, 4.69) is 25.6 Å². The Bertz CT molecular complexity index is 556. The zero-order valence-electron chi connectivity index (χ0n) is 12.0. The van der Waals surface area contributed by atoms with Gasteiger partial charge in [0.25, 0.3) is 10.0 Å². The van der Waals surface area contributed by atoms with Gasteiger partial charge in [0, 0.05) is 24.6 Å². The third-order valence-electron chi connectivity index (χ3n) is 4.12. The Balaban J connectivity index is 2.03. The number of rotatable bonds is 6. The minimum absolute atomic E-state index is 0.130. The zero-order chi connectivity index (χ0) is 14.8. The molecule has 1 aliphatic carbocycles. The van der Waals surface area contributed by atoms with Crippen LogP contribution in [-0.2, 0) is 16.6 Å². The van der Waals surface area contributed by atoms with Gasteiger partial charge < -0.3 is 4.57 Å². The number of aromatic nitrogens is 2. The highest BCUT2D eigenvalue weighted by Gasteiger charge is 2.28. The topological polar surface area (TPSA) is 64.0 Å². The van der Waals surface area contributed by atoms with Gasteiger partial charge in [-0.15, -0.1) is 0 Å². The molecule has 0 radical (unpaired) electrons. The summed E-state index contributed by atoms with van der Waals surface area (Å²) in [6.07, 6.45) is 5.07. The molecule has 1 aliphatic rings. The Morgan fingerprint density at radius 2 is 2.15 bits per heavy atom. The van der Waals surface area contributed by atoms with Gasteiger partial charge in [-0.25, -0.2) is 18.1 Å². The second kappa shape index (κ2) is 6.58. The van der Waals surface area contributed by atoms with Gasteiger partial charge in [0.15, 0.2) is 5.03 Å².